The Bertz CT molecular complexity index is 1020. The molecule has 2 aliphatic rings. The summed E-state index contributed by atoms with van der Waals surface area (Å²) < 4.78 is 33.3. The van der Waals surface area contributed by atoms with E-state index in [-0.39, 0.29) is 10.6 Å². The van der Waals surface area contributed by atoms with E-state index in [1.807, 2.05) is 0 Å². The second-order valence-corrected chi connectivity index (χ2v) is 10.4. The zero-order chi connectivity index (χ0) is 21.1. The minimum atomic E-state index is -3.50. The van der Waals surface area contributed by atoms with Gasteiger partial charge in [-0.3, -0.25) is 0 Å². The van der Waals surface area contributed by atoms with Gasteiger partial charge in [0.15, 0.2) is 0 Å². The average molecular weight is 429 g/mol. The monoisotopic (exact) mass is 428 g/mol. The molecule has 30 heavy (non-hydrogen) atoms. The number of rotatable bonds is 5. The molecule has 2 fully saturated rings. The van der Waals surface area contributed by atoms with Gasteiger partial charge >= 0.3 is 0 Å². The summed E-state index contributed by atoms with van der Waals surface area (Å²) >= 11 is 0. The van der Waals surface area contributed by atoms with Crippen LogP contribution in [0.5, 0.6) is 0 Å². The van der Waals surface area contributed by atoms with E-state index in [2.05, 4.69) is 23.3 Å². The molecule has 2 heterocycles. The minimum Gasteiger partial charge on any atom is -0.419 e. The molecule has 2 aromatic rings. The molecule has 0 radical (unpaired) electrons. The molecule has 4 rings (SSSR count). The van der Waals surface area contributed by atoms with Crippen LogP contribution in [-0.4, -0.2) is 36.8 Å². The number of aromatic nitrogens is 1. The van der Waals surface area contributed by atoms with Gasteiger partial charge in [-0.05, 0) is 55.9 Å². The first-order valence-corrected chi connectivity index (χ1v) is 12.2. The van der Waals surface area contributed by atoms with Gasteiger partial charge in [0.25, 0.3) is 0 Å². The molecular weight excluding hydrogens is 400 g/mol. The van der Waals surface area contributed by atoms with Crippen molar-refractivity contribution < 1.29 is 12.8 Å². The molecule has 8 heteroatoms. The summed E-state index contributed by atoms with van der Waals surface area (Å²) in [5.74, 6) is 1.10. The normalized spacial score (nSPS) is 21.3. The summed E-state index contributed by atoms with van der Waals surface area (Å²) in [4.78, 5) is 4.58. The van der Waals surface area contributed by atoms with Gasteiger partial charge in [0, 0.05) is 24.7 Å². The number of oxazole rings is 1. The summed E-state index contributed by atoms with van der Waals surface area (Å²) in [6, 6.07) is 8.95. The largest absolute Gasteiger partial charge is 0.419 e. The van der Waals surface area contributed by atoms with Gasteiger partial charge in [-0.1, -0.05) is 26.2 Å². The third-order valence-electron chi connectivity index (χ3n) is 6.03. The maximum atomic E-state index is 12.9. The number of sulfonamides is 1. The Morgan fingerprint density at radius 2 is 1.87 bits per heavy atom. The number of nitriles is 1. The summed E-state index contributed by atoms with van der Waals surface area (Å²) in [5.41, 5.74) is 0.878. The molecule has 0 unspecified atom stereocenters. The molecule has 7 nitrogen and oxygen atoms in total. The summed E-state index contributed by atoms with van der Waals surface area (Å²) in [6.45, 7) is 3.21. The fourth-order valence-corrected chi connectivity index (χ4v) is 5.93. The Morgan fingerprint density at radius 3 is 2.53 bits per heavy atom. The van der Waals surface area contributed by atoms with Crippen molar-refractivity contribution in [3.8, 4) is 17.5 Å². The van der Waals surface area contributed by atoms with E-state index >= 15 is 0 Å². The molecule has 1 atom stereocenters. The van der Waals surface area contributed by atoms with Crippen molar-refractivity contribution in [3.05, 3.63) is 30.0 Å². The highest BCUT2D eigenvalue weighted by Gasteiger charge is 2.29. The van der Waals surface area contributed by atoms with Crippen LogP contribution in [0.15, 0.2) is 33.6 Å². The van der Waals surface area contributed by atoms with Crippen molar-refractivity contribution in [1.82, 2.24) is 9.29 Å². The summed E-state index contributed by atoms with van der Waals surface area (Å²) in [5, 5.41) is 12.7. The molecular formula is C22H28N4O3S. The van der Waals surface area contributed by atoms with E-state index in [1.165, 1.54) is 19.3 Å². The first-order chi connectivity index (χ1) is 14.5. The first kappa shape index (κ1) is 20.9. The molecule has 1 aromatic heterocycles. The third kappa shape index (κ3) is 4.37. The fraction of sp³-hybridized carbons (Fsp3) is 0.545. The second-order valence-electron chi connectivity index (χ2n) is 8.42. The van der Waals surface area contributed by atoms with E-state index in [0.717, 1.165) is 25.7 Å². The molecule has 160 valence electrons. The van der Waals surface area contributed by atoms with Crippen molar-refractivity contribution in [3.63, 3.8) is 0 Å². The highest BCUT2D eigenvalue weighted by atomic mass is 32.2. The lowest BCUT2D eigenvalue weighted by molar-refractivity contribution is 0.281. The molecule has 1 aromatic carbocycles. The van der Waals surface area contributed by atoms with Gasteiger partial charge in [0.1, 0.15) is 6.07 Å². The zero-order valence-corrected chi connectivity index (χ0v) is 18.1. The SMILES string of the molecule is C[C@H]1CCCN(S(=O)(=O)c2ccc(-c3nc(C#N)c(NC4CCCCC4)o3)cc2)C1. The molecule has 1 aliphatic heterocycles. The highest BCUT2D eigenvalue weighted by Crippen LogP contribution is 2.30. The lowest BCUT2D eigenvalue weighted by Gasteiger charge is -2.30. The Balaban J connectivity index is 1.53. The van der Waals surface area contributed by atoms with Gasteiger partial charge in [-0.2, -0.15) is 14.6 Å². The quantitative estimate of drug-likeness (QED) is 0.759. The standard InChI is InChI=1S/C22H28N4O3S/c1-16-6-5-13-26(15-16)30(27,28)19-11-9-17(10-12-19)21-25-20(14-23)22(29-21)24-18-7-3-2-4-8-18/h9-12,16,18,24H,2-8,13,15H2,1H3/t16-/m0/s1. The number of nitrogens with zero attached hydrogens (tertiary/aromatic N) is 3. The van der Waals surface area contributed by atoms with Crippen LogP contribution in [0.25, 0.3) is 11.5 Å². The third-order valence-corrected chi connectivity index (χ3v) is 7.91. The molecule has 1 N–H and O–H groups in total. The van der Waals surface area contributed by atoms with Crippen LogP contribution in [0, 0.1) is 17.2 Å². The molecule has 1 aliphatic carbocycles. The van der Waals surface area contributed by atoms with E-state index in [4.69, 9.17) is 4.42 Å². The van der Waals surface area contributed by atoms with Crippen LogP contribution >= 0.6 is 0 Å². The van der Waals surface area contributed by atoms with Crippen molar-refractivity contribution in [2.45, 2.75) is 62.8 Å². The summed E-state index contributed by atoms with van der Waals surface area (Å²) in [7, 11) is -3.50. The van der Waals surface area contributed by atoms with E-state index in [9.17, 15) is 13.7 Å². The van der Waals surface area contributed by atoms with Gasteiger partial charge in [0.05, 0.1) is 4.90 Å². The van der Waals surface area contributed by atoms with Crippen LogP contribution in [-0.2, 0) is 10.0 Å². The maximum absolute atomic E-state index is 12.9. The van der Waals surface area contributed by atoms with Crippen LogP contribution in [0.1, 0.15) is 57.6 Å². The van der Waals surface area contributed by atoms with Crippen molar-refractivity contribution in [2.75, 3.05) is 18.4 Å². The van der Waals surface area contributed by atoms with Gasteiger partial charge in [-0.15, -0.1) is 0 Å². The maximum Gasteiger partial charge on any atom is 0.243 e. The molecule has 1 saturated heterocycles. The van der Waals surface area contributed by atoms with Crippen LogP contribution in [0.3, 0.4) is 0 Å². The Kier molecular flexibility index (Phi) is 6.11. The predicted octanol–water partition coefficient (Wildman–Crippen LogP) is 4.38. The van der Waals surface area contributed by atoms with Crippen LogP contribution < -0.4 is 5.32 Å². The van der Waals surface area contributed by atoms with Gasteiger partial charge < -0.3 is 9.73 Å². The highest BCUT2D eigenvalue weighted by molar-refractivity contribution is 7.89. The molecule has 0 bridgehead atoms. The number of piperidine rings is 1. The topological polar surface area (TPSA) is 99.2 Å². The van der Waals surface area contributed by atoms with E-state index < -0.39 is 10.0 Å². The Morgan fingerprint density at radius 1 is 1.13 bits per heavy atom. The number of hydrogen-bond donors (Lipinski definition) is 1. The lowest BCUT2D eigenvalue weighted by Crippen LogP contribution is -2.39. The smallest absolute Gasteiger partial charge is 0.243 e. The summed E-state index contributed by atoms with van der Waals surface area (Å²) in [6.07, 6.45) is 7.66. The number of anilines is 1. The fourth-order valence-electron chi connectivity index (χ4n) is 4.33. The second kappa shape index (κ2) is 8.78. The number of nitrogens with one attached hydrogen (secondary N) is 1. The van der Waals surface area contributed by atoms with E-state index in [0.29, 0.717) is 42.4 Å². The predicted molar refractivity (Wildman–Crippen MR) is 114 cm³/mol. The number of hydrogen-bond acceptors (Lipinski definition) is 6. The molecule has 0 spiro atoms. The molecule has 1 saturated carbocycles. The number of benzene rings is 1. The Labute approximate surface area is 178 Å². The van der Waals surface area contributed by atoms with Crippen molar-refractivity contribution >= 4 is 15.9 Å². The van der Waals surface area contributed by atoms with Crippen LogP contribution in [0.4, 0.5) is 5.88 Å². The first-order valence-electron chi connectivity index (χ1n) is 10.8. The average Bonchev–Trinajstić information content (AvgIpc) is 3.17. The van der Waals surface area contributed by atoms with Crippen LogP contribution in [0.2, 0.25) is 0 Å². The van der Waals surface area contributed by atoms with E-state index in [1.54, 1.807) is 28.6 Å². The minimum absolute atomic E-state index is 0.231. The van der Waals surface area contributed by atoms with Crippen molar-refractivity contribution in [1.29, 1.82) is 5.26 Å². The Hall–Kier alpha value is -2.37. The molecule has 0 amide bonds. The lowest BCUT2D eigenvalue weighted by atomic mass is 9.95. The van der Waals surface area contributed by atoms with Crippen molar-refractivity contribution in [2.24, 2.45) is 5.92 Å². The zero-order valence-electron chi connectivity index (χ0n) is 17.3. The van der Waals surface area contributed by atoms with Gasteiger partial charge in [0.2, 0.25) is 27.5 Å². The van der Waals surface area contributed by atoms with Gasteiger partial charge in [-0.25, -0.2) is 8.42 Å².